The van der Waals surface area contributed by atoms with E-state index in [2.05, 4.69) is 27.2 Å². The summed E-state index contributed by atoms with van der Waals surface area (Å²) in [5, 5.41) is 0. The van der Waals surface area contributed by atoms with Crippen LogP contribution in [0.15, 0.2) is 35.4 Å². The maximum Gasteiger partial charge on any atom is 0.604 e. The lowest BCUT2D eigenvalue weighted by molar-refractivity contribution is -0.438. The van der Waals surface area contributed by atoms with E-state index in [0.717, 1.165) is 4.48 Å². The van der Waals surface area contributed by atoms with Crippen molar-refractivity contribution in [2.75, 3.05) is 6.54 Å². The van der Waals surface area contributed by atoms with Crippen LogP contribution in [-0.2, 0) is 9.53 Å². The predicted molar refractivity (Wildman–Crippen MR) is 61.5 cm³/mol. The third-order valence-corrected chi connectivity index (χ3v) is 2.87. The molecule has 0 aromatic carbocycles. The van der Waals surface area contributed by atoms with Gasteiger partial charge in [0.05, 0.1) is 0 Å². The molecule has 4 nitrogen and oxygen atoms in total. The van der Waals surface area contributed by atoms with E-state index < -0.39 is 18.0 Å². The Labute approximate surface area is 101 Å². The van der Waals surface area contributed by atoms with Crippen LogP contribution in [0.25, 0.3) is 0 Å². The van der Waals surface area contributed by atoms with Crippen LogP contribution in [0.1, 0.15) is 0 Å². The van der Waals surface area contributed by atoms with Crippen molar-refractivity contribution in [1.82, 2.24) is 0 Å². The summed E-state index contributed by atoms with van der Waals surface area (Å²) >= 11 is 3.28. The van der Waals surface area contributed by atoms with Gasteiger partial charge in [0.15, 0.2) is 12.5 Å². The van der Waals surface area contributed by atoms with E-state index in [1.54, 1.807) is 24.3 Å². The van der Waals surface area contributed by atoms with Crippen molar-refractivity contribution in [3.63, 3.8) is 0 Å². The van der Waals surface area contributed by atoms with E-state index in [4.69, 9.17) is 0 Å². The number of amides is 1. The van der Waals surface area contributed by atoms with Crippen molar-refractivity contribution >= 4 is 33.7 Å². The molecule has 0 aromatic heterocycles. The molecule has 1 aliphatic heterocycles. The topological polar surface area (TPSA) is 46.4 Å². The van der Waals surface area contributed by atoms with E-state index >= 15 is 0 Å². The summed E-state index contributed by atoms with van der Waals surface area (Å²) in [6, 6.07) is 0. The Morgan fingerprint density at radius 1 is 1.50 bits per heavy atom. The summed E-state index contributed by atoms with van der Waals surface area (Å²) in [6.45, 7) is 3.89. The monoisotopic (exact) mass is 282 g/mol. The van der Waals surface area contributed by atoms with Gasteiger partial charge < -0.3 is 4.74 Å². The number of cyclic esters (lactones) is 2. The van der Waals surface area contributed by atoms with E-state index in [1.165, 1.54) is 4.58 Å². The van der Waals surface area contributed by atoms with Gasteiger partial charge in [0.1, 0.15) is 0 Å². The largest absolute Gasteiger partial charge is 0.604 e. The van der Waals surface area contributed by atoms with E-state index in [1.807, 2.05) is 0 Å². The van der Waals surface area contributed by atoms with Gasteiger partial charge in [-0.3, -0.25) is 4.79 Å². The molecule has 0 aromatic rings. The van der Waals surface area contributed by atoms with Crippen LogP contribution >= 0.6 is 15.9 Å². The number of allylic oxidation sites excluding steroid dienone is 3. The number of nitrogens with zero attached hydrogens (tertiary/aromatic N) is 1. The Balaban J connectivity index is 2.51. The quantitative estimate of drug-likeness (QED) is 0.336. The minimum Gasteiger partial charge on any atom is -0.336 e. The third kappa shape index (κ3) is 1.78. The molecule has 5 heteroatoms. The number of halogens is 1. The van der Waals surface area contributed by atoms with Crippen molar-refractivity contribution in [1.29, 1.82) is 0 Å². The Bertz CT molecular complexity index is 474. The Morgan fingerprint density at radius 3 is 2.94 bits per heavy atom. The van der Waals surface area contributed by atoms with Gasteiger partial charge in [0.25, 0.3) is 0 Å². The lowest BCUT2D eigenvalue weighted by Crippen LogP contribution is -2.43. The maximum absolute atomic E-state index is 11.5. The Kier molecular flexibility index (Phi) is 2.87. The molecule has 1 atom stereocenters. The van der Waals surface area contributed by atoms with Crippen molar-refractivity contribution in [3.05, 3.63) is 35.4 Å². The first-order valence-corrected chi connectivity index (χ1v) is 5.49. The lowest BCUT2D eigenvalue weighted by Gasteiger charge is -2.17. The molecule has 0 saturated carbocycles. The molecule has 0 N–H and O–H groups in total. The first-order chi connectivity index (χ1) is 7.63. The zero-order valence-electron chi connectivity index (χ0n) is 8.35. The molecule has 1 unspecified atom stereocenters. The highest BCUT2D eigenvalue weighted by Gasteiger charge is 2.42. The summed E-state index contributed by atoms with van der Waals surface area (Å²) in [7, 11) is 0. The number of hydrogen-bond donors (Lipinski definition) is 0. The van der Waals surface area contributed by atoms with Crippen LogP contribution in [0, 0.1) is 5.92 Å². The SMILES string of the molecule is C=CC[N+]1=C2C=CC(Br)=CC2C(=O)OC1=O. The van der Waals surface area contributed by atoms with Gasteiger partial charge in [-0.15, -0.1) is 4.58 Å². The summed E-state index contributed by atoms with van der Waals surface area (Å²) in [6.07, 6.45) is 6.17. The number of hydrogen-bond acceptors (Lipinski definition) is 3. The van der Waals surface area contributed by atoms with Crippen LogP contribution in [-0.4, -0.2) is 28.9 Å². The summed E-state index contributed by atoms with van der Waals surface area (Å²) in [4.78, 5) is 23.0. The number of carbonyl (C=O) groups excluding carboxylic acids is 2. The first kappa shape index (κ1) is 11.0. The number of ether oxygens (including phenoxy) is 1. The minimum atomic E-state index is -0.646. The predicted octanol–water partition coefficient (Wildman–Crippen LogP) is 1.77. The lowest BCUT2D eigenvalue weighted by atomic mass is 9.97. The van der Waals surface area contributed by atoms with Gasteiger partial charge >= 0.3 is 12.1 Å². The fraction of sp³-hybridized carbons (Fsp3) is 0.182. The van der Waals surface area contributed by atoms with Crippen molar-refractivity contribution in [2.24, 2.45) is 5.92 Å². The third-order valence-electron chi connectivity index (χ3n) is 2.34. The molecule has 2 aliphatic rings. The fourth-order valence-electron chi connectivity index (χ4n) is 1.63. The molecule has 1 amide bonds. The van der Waals surface area contributed by atoms with E-state index in [9.17, 15) is 9.59 Å². The summed E-state index contributed by atoms with van der Waals surface area (Å²) in [5.41, 5.74) is 0.629. The molecular formula is C11H9BrNO3+. The smallest absolute Gasteiger partial charge is 0.336 e. The minimum absolute atomic E-state index is 0.327. The molecule has 2 rings (SSSR count). The van der Waals surface area contributed by atoms with Crippen LogP contribution in [0.5, 0.6) is 0 Å². The van der Waals surface area contributed by atoms with Gasteiger partial charge in [-0.25, -0.2) is 0 Å². The molecule has 1 heterocycles. The molecular weight excluding hydrogens is 274 g/mol. The van der Waals surface area contributed by atoms with E-state index in [-0.39, 0.29) is 0 Å². The normalized spacial score (nSPS) is 23.8. The zero-order valence-corrected chi connectivity index (χ0v) is 9.94. The Morgan fingerprint density at radius 2 is 2.25 bits per heavy atom. The standard InChI is InChI=1S/C11H9BrNO3/c1-2-5-13-9-4-3-7(12)6-8(9)10(14)16-11(13)15/h2-4,6,8H,1,5H2/q+1. The van der Waals surface area contributed by atoms with Crippen LogP contribution in [0.4, 0.5) is 4.79 Å². The van der Waals surface area contributed by atoms with Crippen molar-refractivity contribution in [3.8, 4) is 0 Å². The number of carbonyl (C=O) groups is 2. The highest BCUT2D eigenvalue weighted by molar-refractivity contribution is 9.11. The zero-order chi connectivity index (χ0) is 11.7. The number of esters is 1. The molecule has 0 bridgehead atoms. The van der Waals surface area contributed by atoms with Crippen LogP contribution < -0.4 is 0 Å². The van der Waals surface area contributed by atoms with Crippen LogP contribution in [0.3, 0.4) is 0 Å². The molecule has 1 aliphatic carbocycles. The first-order valence-electron chi connectivity index (χ1n) is 4.70. The van der Waals surface area contributed by atoms with Gasteiger partial charge in [-0.1, -0.05) is 22.5 Å². The van der Waals surface area contributed by atoms with Gasteiger partial charge in [-0.05, 0) is 18.2 Å². The molecule has 82 valence electrons. The summed E-state index contributed by atoms with van der Waals surface area (Å²) < 4.78 is 6.84. The van der Waals surface area contributed by atoms with Crippen molar-refractivity contribution in [2.45, 2.75) is 0 Å². The molecule has 0 saturated heterocycles. The second kappa shape index (κ2) is 4.17. The Hall–Kier alpha value is -1.49. The second-order valence-corrected chi connectivity index (χ2v) is 4.29. The second-order valence-electron chi connectivity index (χ2n) is 3.37. The summed E-state index contributed by atoms with van der Waals surface area (Å²) in [5.74, 6) is -1.06. The van der Waals surface area contributed by atoms with E-state index in [0.29, 0.717) is 12.3 Å². The molecule has 0 spiro atoms. The number of fused-ring (bicyclic) bond motifs is 1. The average Bonchev–Trinajstić information content (AvgIpc) is 2.24. The molecule has 0 fully saturated rings. The highest BCUT2D eigenvalue weighted by Crippen LogP contribution is 2.23. The molecule has 0 radical (unpaired) electrons. The van der Waals surface area contributed by atoms with Gasteiger partial charge in [-0.2, -0.15) is 4.79 Å². The maximum atomic E-state index is 11.5. The fourth-order valence-corrected chi connectivity index (χ4v) is 2.03. The van der Waals surface area contributed by atoms with Crippen LogP contribution in [0.2, 0.25) is 0 Å². The highest BCUT2D eigenvalue weighted by atomic mass is 79.9. The average molecular weight is 283 g/mol. The van der Waals surface area contributed by atoms with Crippen molar-refractivity contribution < 1.29 is 18.9 Å². The van der Waals surface area contributed by atoms with Gasteiger partial charge in [0.2, 0.25) is 5.71 Å². The van der Waals surface area contributed by atoms with Gasteiger partial charge in [0, 0.05) is 10.6 Å². The number of rotatable bonds is 2. The molecule has 16 heavy (non-hydrogen) atoms.